The summed E-state index contributed by atoms with van der Waals surface area (Å²) < 4.78 is 11.3. The summed E-state index contributed by atoms with van der Waals surface area (Å²) >= 11 is 0. The number of carbonyl (C=O) groups is 1. The third-order valence-electron chi connectivity index (χ3n) is 4.61. The molecule has 1 saturated carbocycles. The largest absolute Gasteiger partial charge is 0.486 e. The van der Waals surface area contributed by atoms with E-state index in [0.717, 1.165) is 30.4 Å². The summed E-state index contributed by atoms with van der Waals surface area (Å²) in [5.41, 5.74) is 0.980. The smallest absolute Gasteiger partial charge is 0.225 e. The molecule has 1 amide bonds. The molecule has 1 aliphatic heterocycles. The molecule has 23 heavy (non-hydrogen) atoms. The van der Waals surface area contributed by atoms with Crippen LogP contribution in [0, 0.1) is 11.3 Å². The lowest BCUT2D eigenvalue weighted by Crippen LogP contribution is -2.35. The number of carbonyl (C=O) groups excluding carboxylic acids is 1. The van der Waals surface area contributed by atoms with Crippen LogP contribution < -0.4 is 14.8 Å². The molecular weight excluding hydrogens is 290 g/mol. The summed E-state index contributed by atoms with van der Waals surface area (Å²) in [5.74, 6) is 3.05. The first kappa shape index (κ1) is 16.2. The predicted molar refractivity (Wildman–Crippen MR) is 90.0 cm³/mol. The Balaban J connectivity index is 1.64. The van der Waals surface area contributed by atoms with Crippen molar-refractivity contribution in [3.8, 4) is 11.5 Å². The molecule has 0 aromatic heterocycles. The molecule has 1 heterocycles. The first-order valence-electron chi connectivity index (χ1n) is 8.63. The van der Waals surface area contributed by atoms with E-state index in [1.54, 1.807) is 0 Å². The topological polar surface area (TPSA) is 47.6 Å². The van der Waals surface area contributed by atoms with E-state index in [2.05, 4.69) is 17.4 Å². The van der Waals surface area contributed by atoms with Crippen molar-refractivity contribution in [3.05, 3.63) is 23.8 Å². The summed E-state index contributed by atoms with van der Waals surface area (Å²) in [6.07, 6.45) is 3.55. The van der Waals surface area contributed by atoms with Crippen molar-refractivity contribution < 1.29 is 14.3 Å². The van der Waals surface area contributed by atoms with Gasteiger partial charge in [-0.05, 0) is 48.8 Å². The van der Waals surface area contributed by atoms with Crippen LogP contribution in [0.1, 0.15) is 51.5 Å². The molecule has 1 unspecified atom stereocenters. The fourth-order valence-electron chi connectivity index (χ4n) is 3.07. The maximum Gasteiger partial charge on any atom is 0.225 e. The van der Waals surface area contributed by atoms with Gasteiger partial charge in [0.2, 0.25) is 5.91 Å². The van der Waals surface area contributed by atoms with Gasteiger partial charge < -0.3 is 14.8 Å². The molecule has 4 nitrogen and oxygen atoms in total. The van der Waals surface area contributed by atoms with Crippen molar-refractivity contribution in [2.24, 2.45) is 11.3 Å². The molecule has 1 aromatic carbocycles. The van der Waals surface area contributed by atoms with E-state index in [4.69, 9.17) is 9.47 Å². The van der Waals surface area contributed by atoms with Gasteiger partial charge in [0.15, 0.2) is 11.5 Å². The van der Waals surface area contributed by atoms with Crippen LogP contribution in [-0.4, -0.2) is 25.7 Å². The molecular formula is C19H27NO3. The van der Waals surface area contributed by atoms with Crippen molar-refractivity contribution >= 4 is 5.91 Å². The molecule has 1 N–H and O–H groups in total. The van der Waals surface area contributed by atoms with E-state index in [0.29, 0.717) is 19.1 Å². The second-order valence-electron chi connectivity index (χ2n) is 7.64. The molecule has 0 saturated heterocycles. The van der Waals surface area contributed by atoms with E-state index in [1.165, 1.54) is 18.4 Å². The number of hydrogen-bond acceptors (Lipinski definition) is 3. The lowest BCUT2D eigenvalue weighted by atomic mass is 9.90. The van der Waals surface area contributed by atoms with Gasteiger partial charge in [-0.25, -0.2) is 0 Å². The molecule has 4 heteroatoms. The highest BCUT2D eigenvalue weighted by Crippen LogP contribution is 2.46. The number of fused-ring (bicyclic) bond motifs is 1. The van der Waals surface area contributed by atoms with E-state index in [1.807, 2.05) is 26.8 Å². The third kappa shape index (κ3) is 3.98. The molecule has 0 spiro atoms. The van der Waals surface area contributed by atoms with Crippen LogP contribution in [0.2, 0.25) is 0 Å². The third-order valence-corrected chi connectivity index (χ3v) is 4.61. The summed E-state index contributed by atoms with van der Waals surface area (Å²) in [6.45, 7) is 7.81. The minimum atomic E-state index is -0.327. The Labute approximate surface area is 138 Å². The number of amides is 1. The molecule has 126 valence electrons. The van der Waals surface area contributed by atoms with Gasteiger partial charge in [0.1, 0.15) is 13.2 Å². The number of benzene rings is 1. The molecule has 1 atom stereocenters. The first-order chi connectivity index (χ1) is 10.9. The van der Waals surface area contributed by atoms with Crippen molar-refractivity contribution in [1.29, 1.82) is 0 Å². The fraction of sp³-hybridized carbons (Fsp3) is 0.632. The quantitative estimate of drug-likeness (QED) is 0.904. The summed E-state index contributed by atoms with van der Waals surface area (Å²) in [7, 11) is 0. The average Bonchev–Trinajstić information content (AvgIpc) is 3.34. The van der Waals surface area contributed by atoms with Crippen molar-refractivity contribution in [2.75, 3.05) is 19.8 Å². The normalized spacial score (nSPS) is 18.4. The lowest BCUT2D eigenvalue weighted by Gasteiger charge is -2.23. The zero-order valence-electron chi connectivity index (χ0n) is 14.4. The van der Waals surface area contributed by atoms with Gasteiger partial charge in [-0.15, -0.1) is 0 Å². The van der Waals surface area contributed by atoms with E-state index in [9.17, 15) is 4.79 Å². The zero-order valence-corrected chi connectivity index (χ0v) is 14.4. The molecule has 1 aromatic rings. The monoisotopic (exact) mass is 317 g/mol. The Hall–Kier alpha value is -1.71. The number of ether oxygens (including phenoxy) is 2. The van der Waals surface area contributed by atoms with E-state index in [-0.39, 0.29) is 11.3 Å². The number of nitrogens with one attached hydrogen (secondary N) is 1. The Morgan fingerprint density at radius 1 is 1.22 bits per heavy atom. The summed E-state index contributed by atoms with van der Waals surface area (Å²) in [6, 6.07) is 6.30. The van der Waals surface area contributed by atoms with Crippen LogP contribution in [0.25, 0.3) is 0 Å². The Morgan fingerprint density at radius 2 is 1.91 bits per heavy atom. The van der Waals surface area contributed by atoms with Gasteiger partial charge in [-0.2, -0.15) is 0 Å². The van der Waals surface area contributed by atoms with Gasteiger partial charge in [0.25, 0.3) is 0 Å². The molecule has 0 bridgehead atoms. The zero-order chi connectivity index (χ0) is 16.4. The summed E-state index contributed by atoms with van der Waals surface area (Å²) in [4.78, 5) is 12.0. The van der Waals surface area contributed by atoms with E-state index >= 15 is 0 Å². The standard InChI is InChI=1S/C19H27NO3/c1-19(2,3)18(21)20-9-8-15(13-4-5-13)14-6-7-16-17(12-14)23-11-10-22-16/h6-7,12-13,15H,4-5,8-11H2,1-3H3,(H,20,21). The highest BCUT2D eigenvalue weighted by molar-refractivity contribution is 5.81. The molecule has 1 fully saturated rings. The van der Waals surface area contributed by atoms with Gasteiger partial charge >= 0.3 is 0 Å². The van der Waals surface area contributed by atoms with E-state index < -0.39 is 0 Å². The lowest BCUT2D eigenvalue weighted by molar-refractivity contribution is -0.128. The Bertz CT molecular complexity index is 572. The van der Waals surface area contributed by atoms with Crippen LogP contribution in [0.4, 0.5) is 0 Å². The van der Waals surface area contributed by atoms with Gasteiger partial charge in [0.05, 0.1) is 0 Å². The SMILES string of the molecule is CC(C)(C)C(=O)NCCC(c1ccc2c(c1)OCCO2)C1CC1. The maximum atomic E-state index is 12.0. The van der Waals surface area contributed by atoms with Gasteiger partial charge in [-0.1, -0.05) is 26.8 Å². The van der Waals surface area contributed by atoms with Crippen molar-refractivity contribution in [1.82, 2.24) is 5.32 Å². The van der Waals surface area contributed by atoms with Gasteiger partial charge in [0, 0.05) is 12.0 Å². The molecule has 3 rings (SSSR count). The van der Waals surface area contributed by atoms with Crippen LogP contribution in [0.15, 0.2) is 18.2 Å². The Morgan fingerprint density at radius 3 is 2.57 bits per heavy atom. The minimum absolute atomic E-state index is 0.120. The van der Waals surface area contributed by atoms with Crippen LogP contribution in [-0.2, 0) is 4.79 Å². The highest BCUT2D eigenvalue weighted by Gasteiger charge is 2.33. The highest BCUT2D eigenvalue weighted by atomic mass is 16.6. The predicted octanol–water partition coefficient (Wildman–Crippen LogP) is 3.50. The number of hydrogen-bond donors (Lipinski definition) is 1. The molecule has 2 aliphatic rings. The molecule has 1 aliphatic carbocycles. The van der Waals surface area contributed by atoms with Crippen LogP contribution in [0.5, 0.6) is 11.5 Å². The maximum absolute atomic E-state index is 12.0. The Kier molecular flexibility index (Phi) is 4.51. The van der Waals surface area contributed by atoms with Crippen molar-refractivity contribution in [3.63, 3.8) is 0 Å². The first-order valence-corrected chi connectivity index (χ1v) is 8.63. The van der Waals surface area contributed by atoms with Gasteiger partial charge in [-0.3, -0.25) is 4.79 Å². The van der Waals surface area contributed by atoms with Crippen LogP contribution >= 0.6 is 0 Å². The fourth-order valence-corrected chi connectivity index (χ4v) is 3.07. The van der Waals surface area contributed by atoms with Crippen molar-refractivity contribution in [2.45, 2.75) is 46.0 Å². The van der Waals surface area contributed by atoms with Crippen LogP contribution in [0.3, 0.4) is 0 Å². The number of rotatable bonds is 5. The second kappa shape index (κ2) is 6.42. The average molecular weight is 317 g/mol. The molecule has 0 radical (unpaired) electrons. The summed E-state index contributed by atoms with van der Waals surface area (Å²) in [5, 5.41) is 3.07. The minimum Gasteiger partial charge on any atom is -0.486 e. The second-order valence-corrected chi connectivity index (χ2v) is 7.64.